The zero-order valence-corrected chi connectivity index (χ0v) is 33.3. The molecule has 17 nitrogen and oxygen atoms in total. The van der Waals surface area contributed by atoms with Crippen molar-refractivity contribution in [2.75, 3.05) is 17.6 Å². The Morgan fingerprint density at radius 2 is 0.808 bits per heavy atom. The predicted octanol–water partition coefficient (Wildman–Crippen LogP) is 2.40. The topological polar surface area (TPSA) is 204 Å². The Kier molecular flexibility index (Phi) is 16.5. The Morgan fingerprint density at radius 1 is 0.442 bits per heavy atom. The Balaban J connectivity index is 2.00. The fourth-order valence-corrected chi connectivity index (χ4v) is 7.29. The molecule has 0 aliphatic carbocycles. The summed E-state index contributed by atoms with van der Waals surface area (Å²) in [7, 11) is 0. The summed E-state index contributed by atoms with van der Waals surface area (Å²) in [5, 5.41) is 0. The summed E-state index contributed by atoms with van der Waals surface area (Å²) in [5.41, 5.74) is 0. The summed E-state index contributed by atoms with van der Waals surface area (Å²) in [4.78, 5) is 72.3. The van der Waals surface area contributed by atoms with Crippen LogP contribution in [0.4, 0.5) is 0 Å². The monoisotopic (exact) mass is 858 g/mol. The predicted molar refractivity (Wildman–Crippen MR) is 183 cm³/mol. The first-order chi connectivity index (χ1) is 24.3. The van der Waals surface area contributed by atoms with Gasteiger partial charge in [-0.05, 0) is 5.92 Å². The van der Waals surface area contributed by atoms with Crippen molar-refractivity contribution < 1.29 is 80.9 Å². The first-order valence-corrected chi connectivity index (χ1v) is 18.7. The van der Waals surface area contributed by atoms with E-state index in [2.05, 4.69) is 22.6 Å². The molecule has 3 rings (SSSR count). The molecule has 18 heteroatoms. The second-order valence-electron chi connectivity index (χ2n) is 13.4. The molecule has 3 aliphatic rings. The quantitative estimate of drug-likeness (QED) is 0.113. The number of esters is 6. The van der Waals surface area contributed by atoms with Crippen LogP contribution >= 0.6 is 22.6 Å². The molecule has 0 bridgehead atoms. The fraction of sp³-hybridized carbons (Fsp3) is 0.824. The van der Waals surface area contributed by atoms with Gasteiger partial charge in [0.1, 0.15) is 19.3 Å². The second kappa shape index (κ2) is 19.6. The van der Waals surface area contributed by atoms with Crippen molar-refractivity contribution in [3.8, 4) is 0 Å². The lowest BCUT2D eigenvalue weighted by Crippen LogP contribution is -2.63. The van der Waals surface area contributed by atoms with Crippen LogP contribution in [0.3, 0.4) is 0 Å². The first-order valence-electron chi connectivity index (χ1n) is 17.1. The van der Waals surface area contributed by atoms with Gasteiger partial charge < -0.3 is 52.1 Å². The van der Waals surface area contributed by atoms with Crippen LogP contribution in [0.5, 0.6) is 0 Å². The Bertz CT molecular complexity index is 1270. The standard InChI is InChI=1S/C34H51IO17/c1-14-15(2)29(44-20(7)38)33(49-25(14)12-42-18(5)36)52-28-17(4)31(46-22(9)40)34(50-26(28)13-43-19(6)37)51-27-16(3)30(45-21(8)39)32(47-23(10)41)48-24(27)11-35/h14-17,24-34H,11-13H2,1-10H3. The average molecular weight is 859 g/mol. The van der Waals surface area contributed by atoms with Gasteiger partial charge in [0.15, 0.2) is 30.9 Å². The highest BCUT2D eigenvalue weighted by Crippen LogP contribution is 2.40. The van der Waals surface area contributed by atoms with Gasteiger partial charge in [-0.3, -0.25) is 28.8 Å². The fourth-order valence-electron chi connectivity index (χ4n) is 6.58. The van der Waals surface area contributed by atoms with Crippen LogP contribution in [0.1, 0.15) is 69.2 Å². The molecule has 0 aromatic heterocycles. The highest BCUT2D eigenvalue weighted by atomic mass is 127. The second-order valence-corrected chi connectivity index (χ2v) is 14.2. The summed E-state index contributed by atoms with van der Waals surface area (Å²) >= 11 is 2.08. The number of carbonyl (C=O) groups is 6. The third-order valence-corrected chi connectivity index (χ3v) is 10.2. The SMILES string of the molecule is CC(=O)OCC1OC(OC2C(COC(C)=O)OC(OC3C(CI)OC(OC(C)=O)C(OC(C)=O)C3C)C(OC(C)=O)C2C)C(OC(C)=O)C(C)C1C. The van der Waals surface area contributed by atoms with Crippen molar-refractivity contribution in [2.45, 2.75) is 137 Å². The van der Waals surface area contributed by atoms with Crippen molar-refractivity contribution in [3.63, 3.8) is 0 Å². The third kappa shape index (κ3) is 11.7. The largest absolute Gasteiger partial charge is 0.463 e. The number of hydrogen-bond acceptors (Lipinski definition) is 17. The van der Waals surface area contributed by atoms with Gasteiger partial charge in [-0.15, -0.1) is 0 Å². The lowest BCUT2D eigenvalue weighted by atomic mass is 9.83. The molecular weight excluding hydrogens is 807 g/mol. The lowest BCUT2D eigenvalue weighted by Gasteiger charge is -2.50. The van der Waals surface area contributed by atoms with Crippen molar-refractivity contribution in [1.82, 2.24) is 0 Å². The normalized spacial score (nSPS) is 37.6. The van der Waals surface area contributed by atoms with E-state index < -0.39 is 115 Å². The van der Waals surface area contributed by atoms with Crippen LogP contribution in [-0.4, -0.2) is 121 Å². The minimum Gasteiger partial charge on any atom is -0.463 e. The maximum atomic E-state index is 12.5. The van der Waals surface area contributed by atoms with Gasteiger partial charge in [-0.1, -0.05) is 50.3 Å². The van der Waals surface area contributed by atoms with E-state index >= 15 is 0 Å². The van der Waals surface area contributed by atoms with Gasteiger partial charge in [-0.25, -0.2) is 0 Å². The van der Waals surface area contributed by atoms with E-state index in [9.17, 15) is 28.8 Å². The molecular formula is C34H51IO17. The van der Waals surface area contributed by atoms with Gasteiger partial charge >= 0.3 is 35.8 Å². The number of ether oxygens (including phenoxy) is 11. The molecule has 0 radical (unpaired) electrons. The van der Waals surface area contributed by atoms with Crippen LogP contribution in [0.2, 0.25) is 0 Å². The number of halogens is 1. The van der Waals surface area contributed by atoms with E-state index in [1.807, 2.05) is 13.8 Å². The average Bonchev–Trinajstić information content (AvgIpc) is 3.03. The minimum absolute atomic E-state index is 0.0840. The molecule has 3 fully saturated rings. The third-order valence-electron chi connectivity index (χ3n) is 9.30. The van der Waals surface area contributed by atoms with Crippen molar-refractivity contribution >= 4 is 58.4 Å². The highest BCUT2D eigenvalue weighted by Gasteiger charge is 2.55. The molecule has 0 aromatic rings. The summed E-state index contributed by atoms with van der Waals surface area (Å²) in [6.45, 7) is 14.2. The zero-order valence-electron chi connectivity index (χ0n) is 31.1. The first kappa shape index (κ1) is 43.8. The Labute approximate surface area is 316 Å². The molecule has 3 saturated heterocycles. The molecule has 3 aliphatic heterocycles. The van der Waals surface area contributed by atoms with Crippen molar-refractivity contribution in [2.24, 2.45) is 23.7 Å². The molecule has 0 N–H and O–H groups in total. The summed E-state index contributed by atoms with van der Waals surface area (Å²) in [6.07, 6.45) is -11.1. The van der Waals surface area contributed by atoms with E-state index in [1.54, 1.807) is 13.8 Å². The summed E-state index contributed by atoms with van der Waals surface area (Å²) in [6, 6.07) is 0. The highest BCUT2D eigenvalue weighted by molar-refractivity contribution is 14.1. The molecule has 0 saturated carbocycles. The van der Waals surface area contributed by atoms with Crippen LogP contribution in [0.25, 0.3) is 0 Å². The van der Waals surface area contributed by atoms with Crippen molar-refractivity contribution in [3.05, 3.63) is 0 Å². The number of rotatable bonds is 13. The summed E-state index contributed by atoms with van der Waals surface area (Å²) in [5.74, 6) is -5.54. The van der Waals surface area contributed by atoms with Gasteiger partial charge in [0.25, 0.3) is 0 Å². The van der Waals surface area contributed by atoms with Crippen LogP contribution in [-0.2, 0) is 80.9 Å². The van der Waals surface area contributed by atoms with E-state index in [0.29, 0.717) is 4.43 Å². The van der Waals surface area contributed by atoms with E-state index in [-0.39, 0.29) is 25.0 Å². The van der Waals surface area contributed by atoms with Crippen molar-refractivity contribution in [1.29, 1.82) is 0 Å². The number of carbonyl (C=O) groups excluding carboxylic acids is 6. The Morgan fingerprint density at radius 3 is 1.23 bits per heavy atom. The van der Waals surface area contributed by atoms with E-state index in [0.717, 1.165) is 0 Å². The molecule has 0 aromatic carbocycles. The van der Waals surface area contributed by atoms with Gasteiger partial charge in [-0.2, -0.15) is 0 Å². The molecule has 52 heavy (non-hydrogen) atoms. The maximum Gasteiger partial charge on any atom is 0.305 e. The molecule has 296 valence electrons. The van der Waals surface area contributed by atoms with Gasteiger partial charge in [0, 0.05) is 63.7 Å². The van der Waals surface area contributed by atoms with Crippen LogP contribution < -0.4 is 0 Å². The van der Waals surface area contributed by atoms with Gasteiger partial charge in [0.05, 0.1) is 24.4 Å². The Hall–Kier alpha value is -2.65. The molecule has 15 atom stereocenters. The van der Waals surface area contributed by atoms with Gasteiger partial charge in [0.2, 0.25) is 6.29 Å². The smallest absolute Gasteiger partial charge is 0.305 e. The van der Waals surface area contributed by atoms with E-state index in [1.165, 1.54) is 41.5 Å². The lowest BCUT2D eigenvalue weighted by molar-refractivity contribution is -0.363. The molecule has 0 spiro atoms. The maximum absolute atomic E-state index is 12.5. The van der Waals surface area contributed by atoms with E-state index in [4.69, 9.17) is 52.1 Å². The van der Waals surface area contributed by atoms with Crippen LogP contribution in [0, 0.1) is 23.7 Å². The number of hydrogen-bond donors (Lipinski definition) is 0. The number of alkyl halides is 1. The zero-order chi connectivity index (χ0) is 39.0. The van der Waals surface area contributed by atoms with Crippen LogP contribution in [0.15, 0.2) is 0 Å². The minimum atomic E-state index is -1.30. The molecule has 3 heterocycles. The summed E-state index contributed by atoms with van der Waals surface area (Å²) < 4.78 is 65.1. The molecule has 0 amide bonds. The molecule has 15 unspecified atom stereocenters.